The standard InChI is InChI=1S/C32H41N3O7/c1-21(2)16-26(29(37)34-27(30(38)40-3)18-24-12-15-33-28(24)36)35-31(39)42-32(13-14-32)19-23-10-7-11-25(17-23)41-20-22-8-5-4-6-9-22/h4-11,17,21,24,26-27H,12-16,18-20H2,1-3H3,(H,33,36)(H,34,37)(H,35,39). The molecule has 3 amide bonds. The largest absolute Gasteiger partial charge is 0.489 e. The number of ether oxygens (including phenoxy) is 3. The fourth-order valence-corrected chi connectivity index (χ4v) is 5.17. The van der Waals surface area contributed by atoms with E-state index >= 15 is 0 Å². The van der Waals surface area contributed by atoms with Crippen LogP contribution in [0.25, 0.3) is 0 Å². The van der Waals surface area contributed by atoms with E-state index in [-0.39, 0.29) is 18.2 Å². The van der Waals surface area contributed by atoms with Gasteiger partial charge in [0.25, 0.3) is 0 Å². The van der Waals surface area contributed by atoms with Gasteiger partial charge in [0.1, 0.15) is 30.0 Å². The van der Waals surface area contributed by atoms with Crippen LogP contribution in [-0.4, -0.2) is 55.2 Å². The van der Waals surface area contributed by atoms with E-state index in [4.69, 9.17) is 14.2 Å². The highest BCUT2D eigenvalue weighted by Gasteiger charge is 2.47. The first-order chi connectivity index (χ1) is 20.2. The van der Waals surface area contributed by atoms with Crippen LogP contribution in [0.2, 0.25) is 0 Å². The number of carbonyl (C=O) groups is 4. The number of rotatable bonds is 14. The SMILES string of the molecule is COC(=O)C(CC1CCNC1=O)NC(=O)C(CC(C)C)NC(=O)OC1(Cc2cccc(OCc3ccccc3)c2)CC1. The zero-order chi connectivity index (χ0) is 30.1. The number of alkyl carbamates (subject to hydrolysis) is 1. The quantitative estimate of drug-likeness (QED) is 0.291. The number of esters is 1. The summed E-state index contributed by atoms with van der Waals surface area (Å²) in [6.07, 6.45) is 2.31. The van der Waals surface area contributed by atoms with E-state index in [0.29, 0.717) is 45.3 Å². The summed E-state index contributed by atoms with van der Waals surface area (Å²) < 4.78 is 16.7. The first-order valence-electron chi connectivity index (χ1n) is 14.6. The zero-order valence-electron chi connectivity index (χ0n) is 24.5. The van der Waals surface area contributed by atoms with Crippen LogP contribution in [-0.2, 0) is 36.9 Å². The summed E-state index contributed by atoms with van der Waals surface area (Å²) in [7, 11) is 1.23. The molecule has 1 aliphatic heterocycles. The van der Waals surface area contributed by atoms with Crippen molar-refractivity contribution >= 4 is 23.9 Å². The molecule has 3 atom stereocenters. The molecule has 3 unspecified atom stereocenters. The molecule has 42 heavy (non-hydrogen) atoms. The first-order valence-corrected chi connectivity index (χ1v) is 14.6. The Morgan fingerprint density at radius 2 is 1.74 bits per heavy atom. The molecule has 2 aromatic rings. The van der Waals surface area contributed by atoms with Gasteiger partial charge in [0.05, 0.1) is 7.11 Å². The number of nitrogens with one attached hydrogen (secondary N) is 3. The molecule has 0 spiro atoms. The van der Waals surface area contributed by atoms with Crippen molar-refractivity contribution in [1.29, 1.82) is 0 Å². The van der Waals surface area contributed by atoms with Gasteiger partial charge in [0, 0.05) is 18.9 Å². The monoisotopic (exact) mass is 579 g/mol. The zero-order valence-corrected chi connectivity index (χ0v) is 24.5. The van der Waals surface area contributed by atoms with Crippen molar-refractivity contribution in [3.63, 3.8) is 0 Å². The lowest BCUT2D eigenvalue weighted by atomic mass is 9.97. The molecule has 1 heterocycles. The maximum atomic E-state index is 13.3. The lowest BCUT2D eigenvalue weighted by Crippen LogP contribution is -2.53. The molecule has 1 saturated carbocycles. The van der Waals surface area contributed by atoms with Gasteiger partial charge in [-0.1, -0.05) is 56.3 Å². The Bertz CT molecular complexity index is 1250. The van der Waals surface area contributed by atoms with Crippen molar-refractivity contribution in [3.8, 4) is 5.75 Å². The van der Waals surface area contributed by atoms with E-state index in [1.165, 1.54) is 7.11 Å². The highest BCUT2D eigenvalue weighted by Crippen LogP contribution is 2.43. The Hall–Kier alpha value is -4.08. The maximum Gasteiger partial charge on any atom is 0.408 e. The van der Waals surface area contributed by atoms with E-state index in [2.05, 4.69) is 16.0 Å². The molecule has 2 aliphatic rings. The molecule has 1 aliphatic carbocycles. The second-order valence-corrected chi connectivity index (χ2v) is 11.6. The Morgan fingerprint density at radius 1 is 1.00 bits per heavy atom. The number of amides is 3. The van der Waals surface area contributed by atoms with Gasteiger partial charge in [-0.05, 0) is 61.3 Å². The summed E-state index contributed by atoms with van der Waals surface area (Å²) in [6, 6.07) is 15.7. The topological polar surface area (TPSA) is 132 Å². The Morgan fingerprint density at radius 3 is 2.38 bits per heavy atom. The Balaban J connectivity index is 1.34. The molecular formula is C32H41N3O7. The summed E-state index contributed by atoms with van der Waals surface area (Å²) in [4.78, 5) is 50.8. The summed E-state index contributed by atoms with van der Waals surface area (Å²) in [6.45, 7) is 4.85. The minimum atomic E-state index is -1.00. The molecule has 10 heteroatoms. The van der Waals surface area contributed by atoms with Crippen LogP contribution in [0.4, 0.5) is 4.79 Å². The number of methoxy groups -OCH3 is 1. The molecule has 2 fully saturated rings. The predicted octanol–water partition coefficient (Wildman–Crippen LogP) is 3.67. The average molecular weight is 580 g/mol. The molecule has 0 radical (unpaired) electrons. The van der Waals surface area contributed by atoms with E-state index in [9.17, 15) is 19.2 Å². The highest BCUT2D eigenvalue weighted by molar-refractivity contribution is 5.90. The van der Waals surface area contributed by atoms with Crippen LogP contribution in [0, 0.1) is 11.8 Å². The predicted molar refractivity (Wildman–Crippen MR) is 155 cm³/mol. The fraction of sp³-hybridized carbons (Fsp3) is 0.500. The van der Waals surface area contributed by atoms with Crippen molar-refractivity contribution < 1.29 is 33.4 Å². The van der Waals surface area contributed by atoms with E-state index < -0.39 is 41.6 Å². The molecule has 3 N–H and O–H groups in total. The van der Waals surface area contributed by atoms with Gasteiger partial charge in [0.2, 0.25) is 11.8 Å². The molecule has 1 saturated heterocycles. The molecule has 0 bridgehead atoms. The second-order valence-electron chi connectivity index (χ2n) is 11.6. The molecule has 4 rings (SSSR count). The molecule has 10 nitrogen and oxygen atoms in total. The van der Waals surface area contributed by atoms with E-state index in [1.807, 2.05) is 68.4 Å². The van der Waals surface area contributed by atoms with Crippen molar-refractivity contribution in [2.24, 2.45) is 11.8 Å². The van der Waals surface area contributed by atoms with Gasteiger partial charge >= 0.3 is 12.1 Å². The molecule has 2 aromatic carbocycles. The number of benzene rings is 2. The normalized spacial score (nSPS) is 18.4. The van der Waals surface area contributed by atoms with E-state index in [1.54, 1.807) is 0 Å². The third-order valence-electron chi connectivity index (χ3n) is 7.59. The lowest BCUT2D eigenvalue weighted by molar-refractivity contribution is -0.146. The van der Waals surface area contributed by atoms with Gasteiger partial charge in [-0.15, -0.1) is 0 Å². The van der Waals surface area contributed by atoms with Gasteiger partial charge in [-0.25, -0.2) is 9.59 Å². The minimum Gasteiger partial charge on any atom is -0.489 e. The van der Waals surface area contributed by atoms with Crippen LogP contribution in [0.3, 0.4) is 0 Å². The Labute approximate surface area is 246 Å². The molecular weight excluding hydrogens is 538 g/mol. The van der Waals surface area contributed by atoms with Gasteiger partial charge in [-0.2, -0.15) is 0 Å². The summed E-state index contributed by atoms with van der Waals surface area (Å²) in [5, 5.41) is 8.15. The van der Waals surface area contributed by atoms with Crippen molar-refractivity contribution in [2.75, 3.05) is 13.7 Å². The average Bonchev–Trinajstić information content (AvgIpc) is 3.59. The van der Waals surface area contributed by atoms with Crippen molar-refractivity contribution in [1.82, 2.24) is 16.0 Å². The van der Waals surface area contributed by atoms with Gasteiger partial charge < -0.3 is 30.2 Å². The highest BCUT2D eigenvalue weighted by atomic mass is 16.6. The van der Waals surface area contributed by atoms with Gasteiger partial charge in [-0.3, -0.25) is 9.59 Å². The number of carbonyl (C=O) groups excluding carboxylic acids is 4. The van der Waals surface area contributed by atoms with Crippen LogP contribution in [0.15, 0.2) is 54.6 Å². The number of hydrogen-bond donors (Lipinski definition) is 3. The van der Waals surface area contributed by atoms with Crippen LogP contribution in [0.5, 0.6) is 5.75 Å². The van der Waals surface area contributed by atoms with Crippen LogP contribution in [0.1, 0.15) is 57.1 Å². The van der Waals surface area contributed by atoms with Gasteiger partial charge in [0.15, 0.2) is 0 Å². The van der Waals surface area contributed by atoms with E-state index in [0.717, 1.165) is 16.9 Å². The smallest absolute Gasteiger partial charge is 0.408 e. The fourth-order valence-electron chi connectivity index (χ4n) is 5.17. The second kappa shape index (κ2) is 14.2. The first kappa shape index (κ1) is 30.9. The molecule has 0 aromatic heterocycles. The summed E-state index contributed by atoms with van der Waals surface area (Å²) in [5.41, 5.74) is 1.41. The summed E-state index contributed by atoms with van der Waals surface area (Å²) in [5.74, 6) is -0.898. The lowest BCUT2D eigenvalue weighted by Gasteiger charge is -2.25. The minimum absolute atomic E-state index is 0.0757. The maximum absolute atomic E-state index is 13.3. The van der Waals surface area contributed by atoms with Crippen LogP contribution < -0.4 is 20.7 Å². The Kier molecular flexibility index (Phi) is 10.4. The van der Waals surface area contributed by atoms with Crippen molar-refractivity contribution in [3.05, 3.63) is 65.7 Å². The third-order valence-corrected chi connectivity index (χ3v) is 7.59. The third kappa shape index (κ3) is 8.96. The molecule has 226 valence electrons. The summed E-state index contributed by atoms with van der Waals surface area (Å²) >= 11 is 0. The van der Waals surface area contributed by atoms with Crippen molar-refractivity contribution in [2.45, 2.75) is 76.7 Å². The van der Waals surface area contributed by atoms with Crippen LogP contribution >= 0.6 is 0 Å². The number of hydrogen-bond acceptors (Lipinski definition) is 7.